The second-order valence-electron chi connectivity index (χ2n) is 11.3. The van der Waals surface area contributed by atoms with Gasteiger partial charge in [0.15, 0.2) is 0 Å². The standard InChI is InChI=1S/C34H44N6O2/c1-6-39(33(42)40(35)27(2)3)31-19-17-30(18-20-31)38-25-23-37(24-26-38)22-21-34(32(41)36(4)5,28-13-9-7-10-14-28)29-15-11-8-12-16-29/h6-20,27H,1,21-26,35H2,2-5H3. The number of carbonyl (C=O) groups excluding carboxylic acids is 2. The molecule has 0 saturated carbocycles. The van der Waals surface area contributed by atoms with E-state index in [0.29, 0.717) is 6.42 Å². The molecule has 0 radical (unpaired) electrons. The van der Waals surface area contributed by atoms with E-state index in [1.807, 2.05) is 88.6 Å². The molecule has 1 aliphatic rings. The van der Waals surface area contributed by atoms with E-state index in [0.717, 1.165) is 55.2 Å². The maximum atomic E-state index is 13.9. The van der Waals surface area contributed by atoms with Crippen LogP contribution in [0.3, 0.4) is 0 Å². The van der Waals surface area contributed by atoms with Gasteiger partial charge < -0.3 is 9.80 Å². The van der Waals surface area contributed by atoms with Crippen LogP contribution in [0.1, 0.15) is 31.4 Å². The summed E-state index contributed by atoms with van der Waals surface area (Å²) >= 11 is 0. The number of hydrazine groups is 1. The molecule has 0 bridgehead atoms. The predicted molar refractivity (Wildman–Crippen MR) is 171 cm³/mol. The van der Waals surface area contributed by atoms with Crippen LogP contribution >= 0.6 is 0 Å². The summed E-state index contributed by atoms with van der Waals surface area (Å²) in [7, 11) is 3.68. The Bertz CT molecular complexity index is 1280. The first-order chi connectivity index (χ1) is 20.2. The lowest BCUT2D eigenvalue weighted by atomic mass is 9.70. The summed E-state index contributed by atoms with van der Waals surface area (Å²) in [4.78, 5) is 34.7. The fourth-order valence-corrected chi connectivity index (χ4v) is 5.66. The van der Waals surface area contributed by atoms with Gasteiger partial charge in [0, 0.05) is 58.2 Å². The molecule has 1 saturated heterocycles. The molecule has 0 spiro atoms. The number of likely N-dealkylation sites (N-methyl/N-ethyl adjacent to an activating group) is 1. The van der Waals surface area contributed by atoms with Gasteiger partial charge in [0.05, 0.1) is 5.69 Å². The number of nitrogens with zero attached hydrogens (tertiary/aromatic N) is 5. The smallest absolute Gasteiger partial charge is 0.342 e. The van der Waals surface area contributed by atoms with Crippen molar-refractivity contribution >= 4 is 23.3 Å². The number of carbonyl (C=O) groups is 2. The molecular weight excluding hydrogens is 524 g/mol. The molecule has 0 aromatic heterocycles. The fourth-order valence-electron chi connectivity index (χ4n) is 5.66. The molecular formula is C34H44N6O2. The van der Waals surface area contributed by atoms with E-state index >= 15 is 0 Å². The molecule has 4 rings (SSSR count). The summed E-state index contributed by atoms with van der Waals surface area (Å²) in [5, 5.41) is 1.20. The van der Waals surface area contributed by atoms with Gasteiger partial charge in [-0.05, 0) is 62.2 Å². The van der Waals surface area contributed by atoms with Gasteiger partial charge in [-0.2, -0.15) is 0 Å². The zero-order valence-electron chi connectivity index (χ0n) is 25.3. The van der Waals surface area contributed by atoms with Gasteiger partial charge in [-0.1, -0.05) is 67.2 Å². The lowest BCUT2D eigenvalue weighted by Gasteiger charge is -2.40. The van der Waals surface area contributed by atoms with Crippen molar-refractivity contribution in [2.24, 2.45) is 5.84 Å². The first kappa shape index (κ1) is 30.8. The number of amides is 3. The van der Waals surface area contributed by atoms with Gasteiger partial charge in [-0.3, -0.25) is 19.6 Å². The van der Waals surface area contributed by atoms with Gasteiger partial charge in [-0.25, -0.2) is 10.6 Å². The number of benzene rings is 3. The number of hydrogen-bond acceptors (Lipinski definition) is 5. The molecule has 3 amide bonds. The van der Waals surface area contributed by atoms with Gasteiger partial charge >= 0.3 is 6.03 Å². The van der Waals surface area contributed by atoms with Crippen LogP contribution in [-0.4, -0.2) is 79.6 Å². The van der Waals surface area contributed by atoms with Crippen molar-refractivity contribution in [3.8, 4) is 0 Å². The molecule has 0 atom stereocenters. The molecule has 3 aromatic rings. The molecule has 1 heterocycles. The maximum absolute atomic E-state index is 13.9. The van der Waals surface area contributed by atoms with Crippen molar-refractivity contribution < 1.29 is 9.59 Å². The minimum atomic E-state index is -0.762. The van der Waals surface area contributed by atoms with E-state index in [-0.39, 0.29) is 18.0 Å². The average molecular weight is 569 g/mol. The van der Waals surface area contributed by atoms with Gasteiger partial charge in [0.2, 0.25) is 5.91 Å². The quantitative estimate of drug-likeness (QED) is 0.213. The average Bonchev–Trinajstić information content (AvgIpc) is 3.02. The monoisotopic (exact) mass is 568 g/mol. The Kier molecular flexibility index (Phi) is 10.0. The second kappa shape index (κ2) is 13.7. The van der Waals surface area contributed by atoms with Crippen LogP contribution in [0.4, 0.5) is 16.2 Å². The van der Waals surface area contributed by atoms with Crippen LogP contribution in [-0.2, 0) is 10.2 Å². The lowest BCUT2D eigenvalue weighted by Crippen LogP contribution is -2.50. The Labute approximate surface area is 250 Å². The number of hydrogen-bond donors (Lipinski definition) is 1. The Morgan fingerprint density at radius 2 is 1.40 bits per heavy atom. The van der Waals surface area contributed by atoms with Crippen LogP contribution in [0.5, 0.6) is 0 Å². The number of anilines is 2. The van der Waals surface area contributed by atoms with Crippen molar-refractivity contribution in [3.63, 3.8) is 0 Å². The summed E-state index contributed by atoms with van der Waals surface area (Å²) in [5.41, 5.74) is 3.10. The van der Waals surface area contributed by atoms with E-state index in [1.54, 1.807) is 4.90 Å². The predicted octanol–water partition coefficient (Wildman–Crippen LogP) is 4.93. The molecule has 8 heteroatoms. The summed E-state index contributed by atoms with van der Waals surface area (Å²) < 4.78 is 0. The van der Waals surface area contributed by atoms with Crippen LogP contribution in [0, 0.1) is 0 Å². The van der Waals surface area contributed by atoms with E-state index in [2.05, 4.69) is 40.6 Å². The number of nitrogens with two attached hydrogens (primary N) is 1. The van der Waals surface area contributed by atoms with Gasteiger partial charge in [0.1, 0.15) is 5.41 Å². The van der Waals surface area contributed by atoms with Crippen molar-refractivity contribution in [2.45, 2.75) is 31.7 Å². The molecule has 2 N–H and O–H groups in total. The van der Waals surface area contributed by atoms with E-state index < -0.39 is 5.41 Å². The zero-order valence-corrected chi connectivity index (χ0v) is 25.3. The number of urea groups is 1. The van der Waals surface area contributed by atoms with Crippen molar-refractivity contribution in [1.29, 1.82) is 0 Å². The minimum Gasteiger partial charge on any atom is -0.369 e. The van der Waals surface area contributed by atoms with Crippen LogP contribution in [0.2, 0.25) is 0 Å². The number of piperazine rings is 1. The summed E-state index contributed by atoms with van der Waals surface area (Å²) in [6.45, 7) is 11.9. The van der Waals surface area contributed by atoms with Gasteiger partial charge in [-0.15, -0.1) is 0 Å². The Morgan fingerprint density at radius 3 is 1.86 bits per heavy atom. The highest BCUT2D eigenvalue weighted by molar-refractivity contribution is 5.94. The zero-order chi connectivity index (χ0) is 30.3. The summed E-state index contributed by atoms with van der Waals surface area (Å²) in [6, 6.07) is 27.8. The highest BCUT2D eigenvalue weighted by Crippen LogP contribution is 2.38. The Balaban J connectivity index is 1.45. The molecule has 42 heavy (non-hydrogen) atoms. The largest absolute Gasteiger partial charge is 0.369 e. The molecule has 0 unspecified atom stereocenters. The van der Waals surface area contributed by atoms with Crippen LogP contribution < -0.4 is 15.6 Å². The SMILES string of the molecule is C=CN(C(=O)N(N)C(C)C)c1ccc(N2CCN(CCC(C(=O)N(C)C)(c3ccccc3)c3ccccc3)CC2)cc1. The maximum Gasteiger partial charge on any atom is 0.342 e. The topological polar surface area (TPSA) is 76.4 Å². The molecule has 1 fully saturated rings. The molecule has 0 aliphatic carbocycles. The fraction of sp³-hybridized carbons (Fsp3) is 0.353. The van der Waals surface area contributed by atoms with Gasteiger partial charge in [0.25, 0.3) is 0 Å². The minimum absolute atomic E-state index is 0.0943. The van der Waals surface area contributed by atoms with E-state index in [9.17, 15) is 9.59 Å². The Morgan fingerprint density at radius 1 is 0.881 bits per heavy atom. The van der Waals surface area contributed by atoms with Crippen molar-refractivity contribution in [2.75, 3.05) is 56.6 Å². The highest BCUT2D eigenvalue weighted by Gasteiger charge is 2.43. The molecule has 3 aromatic carbocycles. The molecule has 222 valence electrons. The third-order valence-corrected chi connectivity index (χ3v) is 8.14. The third-order valence-electron chi connectivity index (χ3n) is 8.14. The third kappa shape index (κ3) is 6.50. The first-order valence-corrected chi connectivity index (χ1v) is 14.6. The van der Waals surface area contributed by atoms with Crippen molar-refractivity contribution in [1.82, 2.24) is 14.8 Å². The summed E-state index contributed by atoms with van der Waals surface area (Å²) in [6.07, 6.45) is 2.18. The van der Waals surface area contributed by atoms with E-state index in [1.165, 1.54) is 16.1 Å². The van der Waals surface area contributed by atoms with Crippen LogP contribution in [0.25, 0.3) is 0 Å². The normalized spacial score (nSPS) is 14.0. The van der Waals surface area contributed by atoms with E-state index in [4.69, 9.17) is 5.84 Å². The first-order valence-electron chi connectivity index (χ1n) is 14.6. The highest BCUT2D eigenvalue weighted by atomic mass is 16.2. The van der Waals surface area contributed by atoms with Crippen molar-refractivity contribution in [3.05, 3.63) is 109 Å². The molecule has 1 aliphatic heterocycles. The lowest BCUT2D eigenvalue weighted by molar-refractivity contribution is -0.133. The number of rotatable bonds is 10. The summed E-state index contributed by atoms with van der Waals surface area (Å²) in [5.74, 6) is 6.04. The Hall–Kier alpha value is -4.14. The van der Waals surface area contributed by atoms with Crippen LogP contribution in [0.15, 0.2) is 97.7 Å². The second-order valence-corrected chi connectivity index (χ2v) is 11.3. The molecule has 8 nitrogen and oxygen atoms in total.